The van der Waals surface area contributed by atoms with E-state index in [-0.39, 0.29) is 16.5 Å². The summed E-state index contributed by atoms with van der Waals surface area (Å²) in [7, 11) is 0. The van der Waals surface area contributed by atoms with Crippen LogP contribution in [0, 0.1) is 11.7 Å². The molecule has 0 spiro atoms. The SMILES string of the molecule is NC(=O)c1cc(-c2ccc(F)c(Cl)c2)nc2c1[nH]c1cc(C(=O)N3CC4CCC(C3)NC4)ccc12. The van der Waals surface area contributed by atoms with Gasteiger partial charge in [0.1, 0.15) is 5.82 Å². The smallest absolute Gasteiger partial charge is 0.253 e. The predicted molar refractivity (Wildman–Crippen MR) is 133 cm³/mol. The zero-order chi connectivity index (χ0) is 24.3. The van der Waals surface area contributed by atoms with Crippen LogP contribution in [0.1, 0.15) is 33.6 Å². The number of primary amides is 1. The van der Waals surface area contributed by atoms with Crippen LogP contribution in [0.5, 0.6) is 0 Å². The molecule has 2 aromatic carbocycles. The highest BCUT2D eigenvalue weighted by Gasteiger charge is 2.31. The van der Waals surface area contributed by atoms with Crippen LogP contribution in [0.25, 0.3) is 33.2 Å². The third-order valence-electron chi connectivity index (χ3n) is 7.11. The summed E-state index contributed by atoms with van der Waals surface area (Å²) < 4.78 is 13.7. The van der Waals surface area contributed by atoms with Gasteiger partial charge in [0.2, 0.25) is 0 Å². The summed E-state index contributed by atoms with van der Waals surface area (Å²) >= 11 is 5.96. The minimum atomic E-state index is -0.623. The van der Waals surface area contributed by atoms with Crippen molar-refractivity contribution in [1.82, 2.24) is 20.2 Å². The summed E-state index contributed by atoms with van der Waals surface area (Å²) in [5, 5.41) is 4.24. The number of piperidine rings is 1. The van der Waals surface area contributed by atoms with Crippen LogP contribution in [0.15, 0.2) is 42.5 Å². The van der Waals surface area contributed by atoms with E-state index in [1.807, 2.05) is 11.0 Å². The number of aromatic nitrogens is 2. The number of halogens is 2. The maximum atomic E-state index is 13.7. The van der Waals surface area contributed by atoms with Crippen LogP contribution >= 0.6 is 11.6 Å². The van der Waals surface area contributed by atoms with Crippen molar-refractivity contribution < 1.29 is 14.0 Å². The fourth-order valence-electron chi connectivity index (χ4n) is 5.27. The molecule has 0 radical (unpaired) electrons. The number of carbonyl (C=O) groups excluding carboxylic acids is 2. The number of pyridine rings is 1. The minimum absolute atomic E-state index is 0.00381. The highest BCUT2D eigenvalue weighted by Crippen LogP contribution is 2.32. The van der Waals surface area contributed by atoms with E-state index in [2.05, 4.69) is 10.3 Å². The van der Waals surface area contributed by atoms with E-state index >= 15 is 0 Å². The molecule has 9 heteroatoms. The Bertz CT molecular complexity index is 1490. The maximum absolute atomic E-state index is 13.7. The lowest BCUT2D eigenvalue weighted by molar-refractivity contribution is 0.0748. The van der Waals surface area contributed by atoms with Crippen molar-refractivity contribution in [2.45, 2.75) is 18.9 Å². The van der Waals surface area contributed by atoms with Gasteiger partial charge in [0.05, 0.1) is 27.3 Å². The third-order valence-corrected chi connectivity index (χ3v) is 7.40. The van der Waals surface area contributed by atoms with Crippen molar-refractivity contribution in [1.29, 1.82) is 0 Å². The second kappa shape index (κ2) is 8.32. The molecule has 2 amide bonds. The molecule has 7 rings (SSSR count). The second-order valence-corrected chi connectivity index (χ2v) is 9.82. The van der Waals surface area contributed by atoms with Crippen LogP contribution in [-0.2, 0) is 0 Å². The molecule has 3 aliphatic rings. The molecule has 3 aliphatic heterocycles. The Kier molecular flexibility index (Phi) is 5.23. The Morgan fingerprint density at radius 1 is 1.11 bits per heavy atom. The van der Waals surface area contributed by atoms with Gasteiger partial charge < -0.3 is 20.9 Å². The summed E-state index contributed by atoms with van der Waals surface area (Å²) in [6, 6.07) is 11.6. The normalized spacial score (nSPS) is 19.9. The van der Waals surface area contributed by atoms with Crippen molar-refractivity contribution in [3.05, 3.63) is 64.4 Å². The van der Waals surface area contributed by atoms with E-state index in [0.717, 1.165) is 31.3 Å². The van der Waals surface area contributed by atoms with E-state index in [9.17, 15) is 14.0 Å². The van der Waals surface area contributed by atoms with Crippen molar-refractivity contribution in [2.24, 2.45) is 11.7 Å². The first kappa shape index (κ1) is 22.0. The average molecular weight is 492 g/mol. The highest BCUT2D eigenvalue weighted by atomic mass is 35.5. The molecular formula is C26H23ClFN5O2. The number of carbonyl (C=O) groups is 2. The van der Waals surface area contributed by atoms with E-state index in [1.165, 1.54) is 12.1 Å². The zero-order valence-corrected chi connectivity index (χ0v) is 19.5. The molecule has 4 N–H and O–H groups in total. The van der Waals surface area contributed by atoms with E-state index in [4.69, 9.17) is 22.3 Å². The molecule has 3 fully saturated rings. The maximum Gasteiger partial charge on any atom is 0.253 e. The number of benzene rings is 2. The van der Waals surface area contributed by atoms with Crippen LogP contribution in [0.3, 0.4) is 0 Å². The summed E-state index contributed by atoms with van der Waals surface area (Å²) in [6.07, 6.45) is 2.24. The van der Waals surface area contributed by atoms with Crippen molar-refractivity contribution in [3.63, 3.8) is 0 Å². The number of H-pyrrole nitrogens is 1. The fourth-order valence-corrected chi connectivity index (χ4v) is 5.45. The molecule has 7 nitrogen and oxygen atoms in total. The largest absolute Gasteiger partial charge is 0.366 e. The van der Waals surface area contributed by atoms with Gasteiger partial charge in [-0.05, 0) is 67.8 Å². The van der Waals surface area contributed by atoms with Crippen LogP contribution < -0.4 is 11.1 Å². The van der Waals surface area contributed by atoms with Gasteiger partial charge in [-0.15, -0.1) is 0 Å². The number of nitrogens with one attached hydrogen (secondary N) is 2. The van der Waals surface area contributed by atoms with Gasteiger partial charge in [0.25, 0.3) is 11.8 Å². The monoisotopic (exact) mass is 491 g/mol. The lowest BCUT2D eigenvalue weighted by Crippen LogP contribution is -2.40. The standard InChI is InChI=1S/C26H23ClFN5O2/c27-19-7-14(3-6-20(19)28)21-9-18(25(29)34)24-23(31-21)17-5-2-15(8-22(17)32-24)26(35)33-11-13-1-4-16(12-33)30-10-13/h2-3,5-9,13,16,30,32H,1,4,10-12H2,(H2,29,34). The molecule has 2 aromatic heterocycles. The number of hydrogen-bond acceptors (Lipinski definition) is 4. The van der Waals surface area contributed by atoms with E-state index in [0.29, 0.717) is 51.9 Å². The van der Waals surface area contributed by atoms with Crippen molar-refractivity contribution >= 4 is 45.4 Å². The molecular weight excluding hydrogens is 469 g/mol. The lowest BCUT2D eigenvalue weighted by atomic mass is 9.97. The minimum Gasteiger partial charge on any atom is -0.366 e. The first-order chi connectivity index (χ1) is 16.9. The Morgan fingerprint density at radius 2 is 1.97 bits per heavy atom. The first-order valence-corrected chi connectivity index (χ1v) is 12.0. The summed E-state index contributed by atoms with van der Waals surface area (Å²) in [5.74, 6) is -0.683. The average Bonchev–Trinajstić information content (AvgIpc) is 2.97. The second-order valence-electron chi connectivity index (χ2n) is 9.42. The number of nitrogens with zero attached hydrogens (tertiary/aromatic N) is 2. The van der Waals surface area contributed by atoms with Gasteiger partial charge in [-0.2, -0.15) is 0 Å². The zero-order valence-electron chi connectivity index (χ0n) is 18.8. The van der Waals surface area contributed by atoms with E-state index in [1.54, 1.807) is 24.3 Å². The van der Waals surface area contributed by atoms with Gasteiger partial charge in [-0.3, -0.25) is 9.59 Å². The molecule has 178 valence electrons. The number of aromatic amines is 1. The Morgan fingerprint density at radius 3 is 2.71 bits per heavy atom. The number of hydrogen-bond donors (Lipinski definition) is 3. The summed E-state index contributed by atoms with van der Waals surface area (Å²) in [5.41, 5.74) is 9.25. The summed E-state index contributed by atoms with van der Waals surface area (Å²) in [4.78, 5) is 35.6. The number of nitrogens with two attached hydrogens (primary N) is 1. The Labute approximate surface area is 205 Å². The Hall–Kier alpha value is -3.49. The molecule has 3 saturated heterocycles. The van der Waals surface area contributed by atoms with Crippen molar-refractivity contribution in [2.75, 3.05) is 19.6 Å². The quantitative estimate of drug-likeness (QED) is 0.401. The van der Waals surface area contributed by atoms with Gasteiger partial charge in [-0.25, -0.2) is 9.37 Å². The predicted octanol–water partition coefficient (Wildman–Crippen LogP) is 4.10. The molecule has 35 heavy (non-hydrogen) atoms. The number of rotatable bonds is 3. The topological polar surface area (TPSA) is 104 Å². The molecule has 2 bridgehead atoms. The van der Waals surface area contributed by atoms with Crippen LogP contribution in [-0.4, -0.2) is 52.4 Å². The lowest BCUT2D eigenvalue weighted by Gasteiger charge is -2.23. The number of fused-ring (bicyclic) bond motifs is 7. The van der Waals surface area contributed by atoms with Gasteiger partial charge in [0.15, 0.2) is 0 Å². The molecule has 5 heterocycles. The number of amides is 2. The van der Waals surface area contributed by atoms with E-state index < -0.39 is 11.7 Å². The summed E-state index contributed by atoms with van der Waals surface area (Å²) in [6.45, 7) is 2.42. The third kappa shape index (κ3) is 3.83. The first-order valence-electron chi connectivity index (χ1n) is 11.6. The van der Waals surface area contributed by atoms with Gasteiger partial charge in [-0.1, -0.05) is 11.6 Å². The molecule has 2 unspecified atom stereocenters. The van der Waals surface area contributed by atoms with Crippen LogP contribution in [0.2, 0.25) is 5.02 Å². The highest BCUT2D eigenvalue weighted by molar-refractivity contribution is 6.31. The van der Waals surface area contributed by atoms with Crippen molar-refractivity contribution in [3.8, 4) is 11.3 Å². The van der Waals surface area contributed by atoms with Gasteiger partial charge in [0, 0.05) is 41.2 Å². The van der Waals surface area contributed by atoms with Gasteiger partial charge >= 0.3 is 0 Å². The Balaban J connectivity index is 1.44. The molecule has 0 saturated carbocycles. The molecule has 4 aromatic rings. The van der Waals surface area contributed by atoms with Crippen LogP contribution in [0.4, 0.5) is 4.39 Å². The fraction of sp³-hybridized carbons (Fsp3) is 0.269. The molecule has 2 atom stereocenters. The molecule has 0 aliphatic carbocycles.